The number of nitrogen functional groups attached to an aromatic ring is 1. The quantitative estimate of drug-likeness (QED) is 0.791. The molecule has 1 saturated heterocycles. The summed E-state index contributed by atoms with van der Waals surface area (Å²) in [6.07, 6.45) is 4.28. The smallest absolute Gasteiger partial charge is 0.151 e. The number of aromatic nitrogens is 3. The van der Waals surface area contributed by atoms with Gasteiger partial charge in [-0.05, 0) is 18.3 Å². The van der Waals surface area contributed by atoms with Crippen LogP contribution in [0.15, 0.2) is 12.5 Å². The van der Waals surface area contributed by atoms with E-state index in [1.165, 1.54) is 6.33 Å². The minimum absolute atomic E-state index is 0.225. The summed E-state index contributed by atoms with van der Waals surface area (Å²) in [6.45, 7) is 6.85. The summed E-state index contributed by atoms with van der Waals surface area (Å²) in [4.78, 5) is 13.7. The van der Waals surface area contributed by atoms with E-state index in [2.05, 4.69) is 33.7 Å². The Morgan fingerprint density at radius 1 is 1.43 bits per heavy atom. The number of H-pyrrole nitrogens is 1. The number of nitrogens with one attached hydrogen (secondary N) is 1. The van der Waals surface area contributed by atoms with E-state index in [0.717, 1.165) is 42.7 Å². The summed E-state index contributed by atoms with van der Waals surface area (Å²) in [7, 11) is 0. The molecule has 0 radical (unpaired) electrons. The lowest BCUT2D eigenvalue weighted by Gasteiger charge is -2.16. The first-order valence-corrected chi connectivity index (χ1v) is 7.51. The van der Waals surface area contributed by atoms with E-state index in [1.54, 1.807) is 0 Å². The molecular formula is C15H23N5O. The number of β-amino-alcohol motifs (C(OH)–C–C–N with tert-alkyl or cyclic N) is 1. The predicted molar refractivity (Wildman–Crippen MR) is 82.5 cm³/mol. The van der Waals surface area contributed by atoms with E-state index in [-0.39, 0.29) is 6.10 Å². The maximum atomic E-state index is 10.2. The molecule has 0 aromatic carbocycles. The summed E-state index contributed by atoms with van der Waals surface area (Å²) >= 11 is 0. The number of anilines is 1. The van der Waals surface area contributed by atoms with Crippen molar-refractivity contribution in [3.63, 3.8) is 0 Å². The van der Waals surface area contributed by atoms with Gasteiger partial charge in [0.1, 0.15) is 11.8 Å². The SMILES string of the molecule is CC(C)C[C@H]1CN(Cc2c[nH]c3c(N)ncnc23)CC1O. The van der Waals surface area contributed by atoms with E-state index in [0.29, 0.717) is 17.7 Å². The third-order valence-electron chi connectivity index (χ3n) is 4.22. The molecule has 114 valence electrons. The lowest BCUT2D eigenvalue weighted by Crippen LogP contribution is -2.21. The van der Waals surface area contributed by atoms with Gasteiger partial charge in [0.2, 0.25) is 0 Å². The topological polar surface area (TPSA) is 91.1 Å². The molecule has 1 unspecified atom stereocenters. The molecule has 0 spiro atoms. The molecule has 2 aromatic heterocycles. The van der Waals surface area contributed by atoms with Crippen LogP contribution in [0.1, 0.15) is 25.8 Å². The maximum Gasteiger partial charge on any atom is 0.151 e. The fourth-order valence-corrected chi connectivity index (χ4v) is 3.28. The lowest BCUT2D eigenvalue weighted by molar-refractivity contribution is 0.131. The normalized spacial score (nSPS) is 23.4. The largest absolute Gasteiger partial charge is 0.391 e. The molecule has 1 fully saturated rings. The first kappa shape index (κ1) is 14.3. The van der Waals surface area contributed by atoms with Gasteiger partial charge in [-0.3, -0.25) is 4.90 Å². The van der Waals surface area contributed by atoms with Gasteiger partial charge >= 0.3 is 0 Å². The van der Waals surface area contributed by atoms with Crippen LogP contribution in [0, 0.1) is 11.8 Å². The highest BCUT2D eigenvalue weighted by atomic mass is 16.3. The monoisotopic (exact) mass is 289 g/mol. The zero-order chi connectivity index (χ0) is 15.0. The Morgan fingerprint density at radius 2 is 2.24 bits per heavy atom. The molecule has 21 heavy (non-hydrogen) atoms. The van der Waals surface area contributed by atoms with Crippen molar-refractivity contribution in [2.75, 3.05) is 18.8 Å². The predicted octanol–water partition coefficient (Wildman–Crippen LogP) is 1.38. The highest BCUT2D eigenvalue weighted by Gasteiger charge is 2.31. The van der Waals surface area contributed by atoms with Crippen molar-refractivity contribution < 1.29 is 5.11 Å². The number of aromatic amines is 1. The summed E-state index contributed by atoms with van der Waals surface area (Å²) in [5.74, 6) is 1.46. The number of nitrogens with zero attached hydrogens (tertiary/aromatic N) is 3. The van der Waals surface area contributed by atoms with E-state index in [9.17, 15) is 5.11 Å². The average molecular weight is 289 g/mol. The Bertz CT molecular complexity index is 624. The summed E-state index contributed by atoms with van der Waals surface area (Å²) in [5.41, 5.74) is 8.62. The zero-order valence-corrected chi connectivity index (χ0v) is 12.6. The highest BCUT2D eigenvalue weighted by molar-refractivity contribution is 5.86. The zero-order valence-electron chi connectivity index (χ0n) is 12.6. The average Bonchev–Trinajstić information content (AvgIpc) is 2.96. The van der Waals surface area contributed by atoms with Gasteiger partial charge in [-0.1, -0.05) is 13.8 Å². The molecule has 6 heteroatoms. The van der Waals surface area contributed by atoms with E-state index < -0.39 is 0 Å². The number of nitrogens with two attached hydrogens (primary N) is 1. The van der Waals surface area contributed by atoms with Crippen molar-refractivity contribution in [2.24, 2.45) is 11.8 Å². The van der Waals surface area contributed by atoms with Gasteiger partial charge in [0.25, 0.3) is 0 Å². The van der Waals surface area contributed by atoms with E-state index >= 15 is 0 Å². The molecule has 1 aliphatic heterocycles. The van der Waals surface area contributed by atoms with Gasteiger partial charge in [-0.15, -0.1) is 0 Å². The van der Waals surface area contributed by atoms with Crippen LogP contribution in [0.2, 0.25) is 0 Å². The molecule has 2 aromatic rings. The Hall–Kier alpha value is -1.66. The standard InChI is InChI=1S/C15H23N5O/c1-9(2)3-10-5-20(7-12(10)21)6-11-4-17-14-13(11)18-8-19-15(14)16/h4,8-10,12,17,21H,3,5-7H2,1-2H3,(H2,16,18,19)/t10-,12?/m0/s1. The number of fused-ring (bicyclic) bond motifs is 1. The molecule has 1 aliphatic rings. The van der Waals surface area contributed by atoms with Crippen molar-refractivity contribution in [1.82, 2.24) is 19.9 Å². The second kappa shape index (κ2) is 5.61. The third-order valence-corrected chi connectivity index (χ3v) is 4.22. The number of hydrogen-bond acceptors (Lipinski definition) is 5. The molecule has 0 saturated carbocycles. The second-order valence-corrected chi connectivity index (χ2v) is 6.45. The molecule has 3 rings (SSSR count). The van der Waals surface area contributed by atoms with Crippen LogP contribution in [0.25, 0.3) is 11.0 Å². The third kappa shape index (κ3) is 2.87. The van der Waals surface area contributed by atoms with Crippen LogP contribution in [0.4, 0.5) is 5.82 Å². The van der Waals surface area contributed by atoms with Crippen molar-refractivity contribution in [2.45, 2.75) is 32.9 Å². The van der Waals surface area contributed by atoms with Gasteiger partial charge in [-0.25, -0.2) is 9.97 Å². The highest BCUT2D eigenvalue weighted by Crippen LogP contribution is 2.27. The number of likely N-dealkylation sites (tertiary alicyclic amines) is 1. The van der Waals surface area contributed by atoms with Crippen molar-refractivity contribution in [1.29, 1.82) is 0 Å². The van der Waals surface area contributed by atoms with Crippen LogP contribution in [0.5, 0.6) is 0 Å². The van der Waals surface area contributed by atoms with E-state index in [1.807, 2.05) is 6.20 Å². The van der Waals surface area contributed by atoms with E-state index in [4.69, 9.17) is 5.73 Å². The van der Waals surface area contributed by atoms with Crippen molar-refractivity contribution >= 4 is 16.9 Å². The van der Waals surface area contributed by atoms with Crippen LogP contribution in [-0.2, 0) is 6.54 Å². The first-order valence-electron chi connectivity index (χ1n) is 7.51. The summed E-state index contributed by atoms with van der Waals surface area (Å²) in [5, 5.41) is 10.2. The molecule has 2 atom stereocenters. The Labute approximate surface area is 124 Å². The Kier molecular flexibility index (Phi) is 3.82. The number of hydrogen-bond donors (Lipinski definition) is 3. The van der Waals surface area contributed by atoms with Crippen LogP contribution < -0.4 is 5.73 Å². The fourth-order valence-electron chi connectivity index (χ4n) is 3.28. The Balaban J connectivity index is 1.73. The first-order chi connectivity index (χ1) is 10.0. The van der Waals surface area contributed by atoms with Gasteiger partial charge in [0.05, 0.1) is 11.6 Å². The molecule has 3 heterocycles. The fraction of sp³-hybridized carbons (Fsp3) is 0.600. The minimum atomic E-state index is -0.225. The van der Waals surface area contributed by atoms with Gasteiger partial charge < -0.3 is 15.8 Å². The molecule has 4 N–H and O–H groups in total. The van der Waals surface area contributed by atoms with Gasteiger partial charge in [-0.2, -0.15) is 0 Å². The molecule has 0 bridgehead atoms. The van der Waals surface area contributed by atoms with Crippen LogP contribution >= 0.6 is 0 Å². The minimum Gasteiger partial charge on any atom is -0.391 e. The van der Waals surface area contributed by atoms with Crippen molar-refractivity contribution in [3.8, 4) is 0 Å². The number of aliphatic hydroxyl groups excluding tert-OH is 1. The molecule has 0 amide bonds. The molecule has 6 nitrogen and oxygen atoms in total. The van der Waals surface area contributed by atoms with Gasteiger partial charge in [0, 0.05) is 31.4 Å². The molecular weight excluding hydrogens is 266 g/mol. The van der Waals surface area contributed by atoms with Crippen LogP contribution in [0.3, 0.4) is 0 Å². The number of rotatable bonds is 4. The van der Waals surface area contributed by atoms with Gasteiger partial charge in [0.15, 0.2) is 5.82 Å². The molecule has 0 aliphatic carbocycles. The summed E-state index contributed by atoms with van der Waals surface area (Å²) in [6, 6.07) is 0. The van der Waals surface area contributed by atoms with Crippen molar-refractivity contribution in [3.05, 3.63) is 18.1 Å². The lowest BCUT2D eigenvalue weighted by atomic mass is 9.95. The summed E-state index contributed by atoms with van der Waals surface area (Å²) < 4.78 is 0. The Morgan fingerprint density at radius 3 is 3.00 bits per heavy atom. The number of aliphatic hydroxyl groups is 1. The maximum absolute atomic E-state index is 10.2. The second-order valence-electron chi connectivity index (χ2n) is 6.45. The van der Waals surface area contributed by atoms with Crippen LogP contribution in [-0.4, -0.2) is 44.2 Å².